The molecular weight excluding hydrogens is 322 g/mol. The molecular formula is C15H12BrNO3. The molecule has 1 N–H and O–H groups in total. The zero-order valence-electron chi connectivity index (χ0n) is 10.7. The van der Waals surface area contributed by atoms with E-state index >= 15 is 0 Å². The van der Waals surface area contributed by atoms with Crippen LogP contribution >= 0.6 is 15.9 Å². The highest BCUT2D eigenvalue weighted by molar-refractivity contribution is 9.10. The summed E-state index contributed by atoms with van der Waals surface area (Å²) in [4.78, 5) is 17.4. The van der Waals surface area contributed by atoms with Crippen molar-refractivity contribution >= 4 is 21.8 Å². The molecule has 0 aliphatic carbocycles. The van der Waals surface area contributed by atoms with E-state index in [4.69, 9.17) is 9.57 Å². The molecule has 0 saturated carbocycles. The van der Waals surface area contributed by atoms with E-state index in [2.05, 4.69) is 21.4 Å². The van der Waals surface area contributed by atoms with Crippen molar-refractivity contribution in [2.45, 2.75) is 5.92 Å². The number of rotatable bonds is 2. The van der Waals surface area contributed by atoms with Gasteiger partial charge < -0.3 is 9.57 Å². The van der Waals surface area contributed by atoms with Gasteiger partial charge in [0.25, 0.3) is 5.91 Å². The molecule has 1 heterocycles. The molecule has 102 valence electrons. The van der Waals surface area contributed by atoms with Crippen molar-refractivity contribution < 1.29 is 14.4 Å². The Hall–Kier alpha value is -2.01. The molecule has 0 aromatic heterocycles. The summed E-state index contributed by atoms with van der Waals surface area (Å²) in [6.45, 7) is 0. The van der Waals surface area contributed by atoms with Gasteiger partial charge in [-0.1, -0.05) is 28.1 Å². The number of benzene rings is 2. The SMILES string of the molecule is COc1ccc(C2C(=O)NOc3ccc(Br)cc32)cc1. The third-order valence-corrected chi connectivity index (χ3v) is 3.75. The van der Waals surface area contributed by atoms with Gasteiger partial charge in [-0.15, -0.1) is 0 Å². The first kappa shape index (κ1) is 13.0. The Bertz CT molecular complexity index is 655. The van der Waals surface area contributed by atoms with Crippen LogP contribution in [-0.4, -0.2) is 13.0 Å². The van der Waals surface area contributed by atoms with Crippen molar-refractivity contribution in [2.75, 3.05) is 7.11 Å². The molecule has 20 heavy (non-hydrogen) atoms. The summed E-state index contributed by atoms with van der Waals surface area (Å²) in [6.07, 6.45) is 0. The van der Waals surface area contributed by atoms with Gasteiger partial charge in [-0.05, 0) is 35.9 Å². The van der Waals surface area contributed by atoms with Gasteiger partial charge in [-0.2, -0.15) is 5.48 Å². The molecule has 0 radical (unpaired) electrons. The number of nitrogens with one attached hydrogen (secondary N) is 1. The first-order chi connectivity index (χ1) is 9.69. The summed E-state index contributed by atoms with van der Waals surface area (Å²) in [5.74, 6) is 0.854. The van der Waals surface area contributed by atoms with E-state index in [1.54, 1.807) is 7.11 Å². The van der Waals surface area contributed by atoms with E-state index < -0.39 is 0 Å². The molecule has 0 fully saturated rings. The maximum Gasteiger partial charge on any atom is 0.264 e. The molecule has 0 saturated heterocycles. The van der Waals surface area contributed by atoms with E-state index in [1.807, 2.05) is 42.5 Å². The predicted molar refractivity (Wildman–Crippen MR) is 77.7 cm³/mol. The molecule has 1 aliphatic rings. The van der Waals surface area contributed by atoms with E-state index in [0.29, 0.717) is 5.75 Å². The Labute approximate surface area is 124 Å². The largest absolute Gasteiger partial charge is 0.497 e. The van der Waals surface area contributed by atoms with Crippen molar-refractivity contribution in [2.24, 2.45) is 0 Å². The summed E-state index contributed by atoms with van der Waals surface area (Å²) in [6, 6.07) is 13.1. The van der Waals surface area contributed by atoms with Crippen molar-refractivity contribution in [3.05, 3.63) is 58.1 Å². The number of carbonyl (C=O) groups is 1. The maximum absolute atomic E-state index is 12.1. The predicted octanol–water partition coefficient (Wildman–Crippen LogP) is 3.01. The van der Waals surface area contributed by atoms with Crippen LogP contribution in [0.25, 0.3) is 0 Å². The van der Waals surface area contributed by atoms with Crippen molar-refractivity contribution in [3.8, 4) is 11.5 Å². The highest BCUT2D eigenvalue weighted by Gasteiger charge is 2.30. The summed E-state index contributed by atoms with van der Waals surface area (Å²) < 4.78 is 6.05. The molecule has 2 aromatic carbocycles. The van der Waals surface area contributed by atoms with E-state index in [1.165, 1.54) is 0 Å². The van der Waals surface area contributed by atoms with Crippen LogP contribution in [0.3, 0.4) is 0 Å². The highest BCUT2D eigenvalue weighted by Crippen LogP contribution is 2.37. The molecule has 4 nitrogen and oxygen atoms in total. The van der Waals surface area contributed by atoms with Gasteiger partial charge in [0.1, 0.15) is 5.75 Å². The third kappa shape index (κ3) is 2.25. The number of hydrogen-bond acceptors (Lipinski definition) is 3. The molecule has 2 aromatic rings. The van der Waals surface area contributed by atoms with Gasteiger partial charge in [-0.3, -0.25) is 4.79 Å². The monoisotopic (exact) mass is 333 g/mol. The Balaban J connectivity index is 2.07. The number of carbonyl (C=O) groups excluding carboxylic acids is 1. The second kappa shape index (κ2) is 5.17. The summed E-state index contributed by atoms with van der Waals surface area (Å²) in [5, 5.41) is 0. The first-order valence-electron chi connectivity index (χ1n) is 6.09. The molecule has 1 aliphatic heterocycles. The van der Waals surface area contributed by atoms with Crippen molar-refractivity contribution in [1.29, 1.82) is 0 Å². The average Bonchev–Trinajstić information content (AvgIpc) is 2.47. The van der Waals surface area contributed by atoms with E-state index in [-0.39, 0.29) is 11.8 Å². The van der Waals surface area contributed by atoms with Crippen LogP contribution in [0.1, 0.15) is 17.0 Å². The quantitative estimate of drug-likeness (QED) is 0.918. The lowest BCUT2D eigenvalue weighted by Crippen LogP contribution is -2.37. The fraction of sp³-hybridized carbons (Fsp3) is 0.133. The Morgan fingerprint density at radius 2 is 1.95 bits per heavy atom. The number of hydrogen-bond donors (Lipinski definition) is 1. The summed E-state index contributed by atoms with van der Waals surface area (Å²) in [5.41, 5.74) is 4.18. The number of ether oxygens (including phenoxy) is 1. The minimum Gasteiger partial charge on any atom is -0.497 e. The number of fused-ring (bicyclic) bond motifs is 1. The van der Waals surface area contributed by atoms with Crippen molar-refractivity contribution in [3.63, 3.8) is 0 Å². The summed E-state index contributed by atoms with van der Waals surface area (Å²) in [7, 11) is 1.61. The lowest BCUT2D eigenvalue weighted by atomic mass is 9.89. The minimum atomic E-state index is -0.387. The maximum atomic E-state index is 12.1. The van der Waals surface area contributed by atoms with Crippen LogP contribution in [0.2, 0.25) is 0 Å². The van der Waals surface area contributed by atoms with Crippen LogP contribution in [0.15, 0.2) is 46.9 Å². The van der Waals surface area contributed by atoms with Crippen molar-refractivity contribution in [1.82, 2.24) is 5.48 Å². The number of halogens is 1. The highest BCUT2D eigenvalue weighted by atomic mass is 79.9. The first-order valence-corrected chi connectivity index (χ1v) is 6.88. The van der Waals surface area contributed by atoms with Gasteiger partial charge in [-0.25, -0.2) is 0 Å². The van der Waals surface area contributed by atoms with Crippen LogP contribution in [-0.2, 0) is 4.79 Å². The second-order valence-electron chi connectivity index (χ2n) is 4.46. The lowest BCUT2D eigenvalue weighted by molar-refractivity contribution is -0.129. The number of hydroxylamine groups is 1. The van der Waals surface area contributed by atoms with Crippen LogP contribution in [0.5, 0.6) is 11.5 Å². The molecule has 3 rings (SSSR count). The number of methoxy groups -OCH3 is 1. The minimum absolute atomic E-state index is 0.180. The van der Waals surface area contributed by atoms with E-state index in [0.717, 1.165) is 21.3 Å². The van der Waals surface area contributed by atoms with Crippen LogP contribution < -0.4 is 15.1 Å². The van der Waals surface area contributed by atoms with Gasteiger partial charge in [0.05, 0.1) is 13.0 Å². The van der Waals surface area contributed by atoms with Gasteiger partial charge in [0.15, 0.2) is 5.75 Å². The Morgan fingerprint density at radius 3 is 2.65 bits per heavy atom. The van der Waals surface area contributed by atoms with Gasteiger partial charge in [0.2, 0.25) is 0 Å². The molecule has 1 amide bonds. The van der Waals surface area contributed by atoms with Gasteiger partial charge in [0, 0.05) is 10.0 Å². The third-order valence-electron chi connectivity index (χ3n) is 3.26. The molecule has 1 unspecified atom stereocenters. The van der Waals surface area contributed by atoms with E-state index in [9.17, 15) is 4.79 Å². The fourth-order valence-electron chi connectivity index (χ4n) is 2.27. The zero-order chi connectivity index (χ0) is 14.1. The summed E-state index contributed by atoms with van der Waals surface area (Å²) >= 11 is 3.43. The lowest BCUT2D eigenvalue weighted by Gasteiger charge is -2.25. The smallest absolute Gasteiger partial charge is 0.264 e. The van der Waals surface area contributed by atoms with Crippen LogP contribution in [0, 0.1) is 0 Å². The average molecular weight is 334 g/mol. The Kier molecular flexibility index (Phi) is 3.36. The molecule has 0 bridgehead atoms. The standard InChI is InChI=1S/C15H12BrNO3/c1-19-11-5-2-9(3-6-11)14-12-8-10(16)4-7-13(12)20-17-15(14)18/h2-8,14H,1H3,(H,17,18). The topological polar surface area (TPSA) is 47.6 Å². The van der Waals surface area contributed by atoms with Crippen LogP contribution in [0.4, 0.5) is 0 Å². The number of amides is 1. The van der Waals surface area contributed by atoms with Gasteiger partial charge >= 0.3 is 0 Å². The molecule has 1 atom stereocenters. The molecule has 0 spiro atoms. The normalized spacial score (nSPS) is 16.9. The Morgan fingerprint density at radius 1 is 1.20 bits per heavy atom. The zero-order valence-corrected chi connectivity index (χ0v) is 12.3. The molecule has 5 heteroatoms. The fourth-order valence-corrected chi connectivity index (χ4v) is 2.65. The second-order valence-corrected chi connectivity index (χ2v) is 5.37.